The predicted octanol–water partition coefficient (Wildman–Crippen LogP) is 5.88. The molecule has 2 aliphatic heterocycles. The van der Waals surface area contributed by atoms with E-state index < -0.39 is 0 Å². The quantitative estimate of drug-likeness (QED) is 0.438. The van der Waals surface area contributed by atoms with Gasteiger partial charge in [0.2, 0.25) is 5.71 Å². The molecule has 2 aromatic carbocycles. The molecule has 4 heteroatoms. The minimum absolute atomic E-state index is 0.867. The molecule has 0 aromatic heterocycles. The smallest absolute Gasteiger partial charge is 0.234 e. The first-order valence-electron chi connectivity index (χ1n) is 9.83. The lowest BCUT2D eigenvalue weighted by Crippen LogP contribution is -2.32. The van der Waals surface area contributed by atoms with Crippen LogP contribution < -0.4 is 0 Å². The zero-order valence-electron chi connectivity index (χ0n) is 17.1. The first-order chi connectivity index (χ1) is 14.1. The van der Waals surface area contributed by atoms with Crippen molar-refractivity contribution in [3.63, 3.8) is 0 Å². The molecular formula is C25H22N4. The summed E-state index contributed by atoms with van der Waals surface area (Å²) in [6.45, 7) is 8.13. The molecule has 29 heavy (non-hydrogen) atoms. The van der Waals surface area contributed by atoms with E-state index in [-0.39, 0.29) is 0 Å². The van der Waals surface area contributed by atoms with Crippen molar-refractivity contribution in [1.82, 2.24) is 0 Å². The van der Waals surface area contributed by atoms with Crippen LogP contribution in [-0.4, -0.2) is 21.8 Å². The molecule has 142 valence electrons. The summed E-state index contributed by atoms with van der Waals surface area (Å²) in [4.78, 5) is 0. The molecule has 0 N–H and O–H groups in total. The molecule has 0 spiro atoms. The number of hydrogen-bond donors (Lipinski definition) is 0. The summed E-state index contributed by atoms with van der Waals surface area (Å²) < 4.78 is 2.01. The van der Waals surface area contributed by atoms with E-state index in [1.54, 1.807) is 0 Å². The zero-order chi connectivity index (χ0) is 20.1. The van der Waals surface area contributed by atoms with E-state index in [9.17, 15) is 0 Å². The maximum Gasteiger partial charge on any atom is 0.234 e. The number of hydrogen-bond acceptors (Lipinski definition) is 2. The second-order valence-corrected chi connectivity index (χ2v) is 7.59. The Labute approximate surface area is 171 Å². The van der Waals surface area contributed by atoms with Crippen LogP contribution in [-0.2, 0) is 0 Å². The standard InChI is InChI=1S/C25H22N4/c1-15-13-14-16(2)29(28-15)25-18(4)27-26-17(3)23(25)24-21-11-7-5-9-19(21)20-10-6-8-12-22(20)24/h5-14H,1-4H3/b29-25+. The summed E-state index contributed by atoms with van der Waals surface area (Å²) in [5.41, 5.74) is 16.9. The second-order valence-electron chi connectivity index (χ2n) is 7.59. The van der Waals surface area contributed by atoms with Crippen molar-refractivity contribution in [2.75, 3.05) is 0 Å². The van der Waals surface area contributed by atoms with Crippen LogP contribution in [0.25, 0.3) is 22.1 Å². The lowest BCUT2D eigenvalue weighted by molar-refractivity contribution is -0.418. The minimum atomic E-state index is 0.867. The predicted molar refractivity (Wildman–Crippen MR) is 120 cm³/mol. The third kappa shape index (κ3) is 2.64. The molecule has 0 unspecified atom stereocenters. The molecule has 0 radical (unpaired) electrons. The van der Waals surface area contributed by atoms with Crippen molar-refractivity contribution >= 4 is 22.7 Å². The first-order valence-corrected chi connectivity index (χ1v) is 9.83. The van der Waals surface area contributed by atoms with Crippen molar-refractivity contribution in [3.05, 3.63) is 94.2 Å². The molecule has 2 aromatic rings. The fraction of sp³-hybridized carbons (Fsp3) is 0.160. The van der Waals surface area contributed by atoms with Gasteiger partial charge in [-0.3, -0.25) is 0 Å². The van der Waals surface area contributed by atoms with Gasteiger partial charge >= 0.3 is 0 Å². The Morgan fingerprint density at radius 1 is 0.655 bits per heavy atom. The second kappa shape index (κ2) is 6.52. The topological polar surface area (TPSA) is 41.8 Å². The van der Waals surface area contributed by atoms with E-state index in [4.69, 9.17) is 5.43 Å². The number of benzene rings is 2. The van der Waals surface area contributed by atoms with Crippen LogP contribution in [0.4, 0.5) is 0 Å². The highest BCUT2D eigenvalue weighted by molar-refractivity contribution is 6.55. The first kappa shape index (κ1) is 17.6. The Balaban J connectivity index is 1.90. The van der Waals surface area contributed by atoms with E-state index in [1.807, 2.05) is 31.5 Å². The number of rotatable bonds is 0. The summed E-state index contributed by atoms with van der Waals surface area (Å²) in [5.74, 6) is 0. The van der Waals surface area contributed by atoms with Gasteiger partial charge in [0.05, 0.1) is 11.3 Å². The molecule has 0 saturated carbocycles. The average Bonchev–Trinajstić information content (AvgIpc) is 3.06. The SMILES string of the molecule is CC1=CC=C(C)/[N+](=C2/C(C)=NN=C(C)C2=C2c3ccccc3-c3ccccc32)[N-]1. The van der Waals surface area contributed by atoms with Gasteiger partial charge in [0, 0.05) is 18.6 Å². The Bertz CT molecular complexity index is 1200. The molecule has 0 atom stereocenters. The third-order valence-electron chi connectivity index (χ3n) is 5.59. The van der Waals surface area contributed by atoms with Crippen molar-refractivity contribution in [3.8, 4) is 11.1 Å². The van der Waals surface area contributed by atoms with E-state index in [0.29, 0.717) is 0 Å². The van der Waals surface area contributed by atoms with Crippen LogP contribution in [0.5, 0.6) is 0 Å². The van der Waals surface area contributed by atoms with Crippen molar-refractivity contribution < 1.29 is 4.68 Å². The molecule has 3 aliphatic rings. The highest BCUT2D eigenvalue weighted by Gasteiger charge is 2.35. The van der Waals surface area contributed by atoms with E-state index >= 15 is 0 Å². The van der Waals surface area contributed by atoms with Crippen molar-refractivity contribution in [2.45, 2.75) is 27.7 Å². The van der Waals surface area contributed by atoms with Gasteiger partial charge in [0.15, 0.2) is 5.70 Å². The summed E-state index contributed by atoms with van der Waals surface area (Å²) in [5, 5.41) is 8.94. The van der Waals surface area contributed by atoms with Crippen LogP contribution in [0.2, 0.25) is 0 Å². The van der Waals surface area contributed by atoms with Gasteiger partial charge in [-0.05, 0) is 36.1 Å². The van der Waals surface area contributed by atoms with Crippen LogP contribution in [0.15, 0.2) is 87.9 Å². The fourth-order valence-corrected chi connectivity index (χ4v) is 4.25. The average molecular weight is 378 g/mol. The Hall–Kier alpha value is -3.53. The number of fused-ring (bicyclic) bond motifs is 3. The van der Waals surface area contributed by atoms with Crippen molar-refractivity contribution in [2.24, 2.45) is 10.2 Å². The summed E-state index contributed by atoms with van der Waals surface area (Å²) >= 11 is 0. The van der Waals surface area contributed by atoms with Crippen LogP contribution >= 0.6 is 0 Å². The largest absolute Gasteiger partial charge is 0.409 e. The van der Waals surface area contributed by atoms with Gasteiger partial charge in [-0.15, -0.1) is 10.8 Å². The lowest BCUT2D eigenvalue weighted by Gasteiger charge is -2.27. The summed E-state index contributed by atoms with van der Waals surface area (Å²) in [6.07, 6.45) is 4.14. The Kier molecular flexibility index (Phi) is 3.95. The Morgan fingerprint density at radius 3 is 1.83 bits per heavy atom. The lowest BCUT2D eigenvalue weighted by atomic mass is 9.90. The molecule has 0 bridgehead atoms. The highest BCUT2D eigenvalue weighted by Crippen LogP contribution is 2.46. The maximum absolute atomic E-state index is 4.82. The van der Waals surface area contributed by atoms with Crippen LogP contribution in [0.3, 0.4) is 0 Å². The van der Waals surface area contributed by atoms with Gasteiger partial charge in [-0.2, -0.15) is 5.10 Å². The van der Waals surface area contributed by atoms with Gasteiger partial charge in [0.1, 0.15) is 5.71 Å². The zero-order valence-corrected chi connectivity index (χ0v) is 17.1. The van der Waals surface area contributed by atoms with Gasteiger partial charge < -0.3 is 5.43 Å². The van der Waals surface area contributed by atoms with Crippen LogP contribution in [0.1, 0.15) is 38.8 Å². The Morgan fingerprint density at radius 2 is 1.21 bits per heavy atom. The molecular weight excluding hydrogens is 356 g/mol. The summed E-state index contributed by atoms with van der Waals surface area (Å²) in [7, 11) is 0. The minimum Gasteiger partial charge on any atom is -0.409 e. The highest BCUT2D eigenvalue weighted by atomic mass is 15.5. The molecule has 0 amide bonds. The summed E-state index contributed by atoms with van der Waals surface area (Å²) in [6, 6.07) is 17.2. The molecule has 4 nitrogen and oxygen atoms in total. The van der Waals surface area contributed by atoms with E-state index in [1.165, 1.54) is 27.8 Å². The molecule has 1 aliphatic carbocycles. The third-order valence-corrected chi connectivity index (χ3v) is 5.59. The van der Waals surface area contributed by atoms with E-state index in [2.05, 4.69) is 71.7 Å². The normalized spacial score (nSPS) is 20.3. The van der Waals surface area contributed by atoms with Gasteiger partial charge in [0.25, 0.3) is 0 Å². The van der Waals surface area contributed by atoms with Gasteiger partial charge in [-0.25, -0.2) is 4.68 Å². The number of nitrogens with zero attached hydrogens (tertiary/aromatic N) is 4. The monoisotopic (exact) mass is 378 g/mol. The fourth-order valence-electron chi connectivity index (χ4n) is 4.25. The molecule has 0 saturated heterocycles. The molecule has 2 heterocycles. The maximum atomic E-state index is 4.82. The molecule has 0 fully saturated rings. The molecule has 5 rings (SSSR count). The number of allylic oxidation sites excluding steroid dienone is 5. The van der Waals surface area contributed by atoms with Crippen LogP contribution in [0, 0.1) is 0 Å². The van der Waals surface area contributed by atoms with Crippen molar-refractivity contribution in [1.29, 1.82) is 0 Å². The van der Waals surface area contributed by atoms with E-state index in [0.717, 1.165) is 34.1 Å². The van der Waals surface area contributed by atoms with Gasteiger partial charge in [-0.1, -0.05) is 61.5 Å².